The molecule has 0 aromatic rings. The molecule has 0 spiro atoms. The molecule has 2 heterocycles. The lowest BCUT2D eigenvalue weighted by Gasteiger charge is -2.36. The summed E-state index contributed by atoms with van der Waals surface area (Å²) in [7, 11) is 2.31. The smallest absolute Gasteiger partial charge is 0.0111 e. The Morgan fingerprint density at radius 2 is 1.86 bits per heavy atom. The summed E-state index contributed by atoms with van der Waals surface area (Å²) in [6, 6.07) is 2.58. The maximum Gasteiger partial charge on any atom is 0.0111 e. The maximum absolute atomic E-state index is 3.72. The molecule has 14 heavy (non-hydrogen) atoms. The first-order chi connectivity index (χ1) is 6.81. The molecule has 0 aromatic heterocycles. The molecule has 0 aliphatic carbocycles. The van der Waals surface area contributed by atoms with Crippen LogP contribution in [0.1, 0.15) is 45.4 Å². The Hall–Kier alpha value is -0.0800. The van der Waals surface area contributed by atoms with Crippen LogP contribution < -0.4 is 5.32 Å². The predicted octanol–water partition coefficient (Wildman–Crippen LogP) is 2.00. The normalized spacial score (nSPS) is 37.7. The molecule has 2 bridgehead atoms. The van der Waals surface area contributed by atoms with Crippen molar-refractivity contribution in [3.63, 3.8) is 0 Å². The van der Waals surface area contributed by atoms with Crippen molar-refractivity contribution < 1.29 is 0 Å². The molecule has 0 amide bonds. The first-order valence-corrected chi connectivity index (χ1v) is 6.26. The second kappa shape index (κ2) is 4.63. The van der Waals surface area contributed by atoms with Crippen LogP contribution in [-0.2, 0) is 0 Å². The number of nitrogens with zero attached hydrogens (tertiary/aromatic N) is 1. The minimum Gasteiger partial charge on any atom is -0.314 e. The summed E-state index contributed by atoms with van der Waals surface area (Å²) in [6.07, 6.45) is 8.29. The van der Waals surface area contributed by atoms with Gasteiger partial charge in [0.15, 0.2) is 0 Å². The Labute approximate surface area is 88.1 Å². The number of hydrogen-bond acceptors (Lipinski definition) is 2. The Bertz CT molecular complexity index is 167. The molecular weight excluding hydrogens is 172 g/mol. The molecule has 0 radical (unpaired) electrons. The van der Waals surface area contributed by atoms with Crippen molar-refractivity contribution in [2.45, 2.75) is 63.6 Å². The standard InChI is InChI=1S/C12H24N2/c1-3-4-7-13-10-8-11-5-6-12(9-10)14(11)2/h10-13H,3-9H2,1-2H3. The fourth-order valence-electron chi connectivity index (χ4n) is 3.06. The van der Waals surface area contributed by atoms with Crippen LogP contribution in [0, 0.1) is 0 Å². The van der Waals surface area contributed by atoms with Gasteiger partial charge in [-0.2, -0.15) is 0 Å². The highest BCUT2D eigenvalue weighted by Gasteiger charge is 2.37. The third-order valence-electron chi connectivity index (χ3n) is 4.06. The van der Waals surface area contributed by atoms with Crippen LogP contribution in [0.15, 0.2) is 0 Å². The van der Waals surface area contributed by atoms with Crippen LogP contribution in [0.5, 0.6) is 0 Å². The molecular formula is C12H24N2. The molecule has 1 N–H and O–H groups in total. The quantitative estimate of drug-likeness (QED) is 0.692. The molecule has 0 saturated carbocycles. The van der Waals surface area contributed by atoms with Crippen molar-refractivity contribution in [3.8, 4) is 0 Å². The van der Waals surface area contributed by atoms with Crippen LogP contribution >= 0.6 is 0 Å². The highest BCUT2D eigenvalue weighted by Crippen LogP contribution is 2.34. The first-order valence-electron chi connectivity index (χ1n) is 6.26. The number of fused-ring (bicyclic) bond motifs is 2. The number of nitrogens with one attached hydrogen (secondary N) is 1. The zero-order chi connectivity index (χ0) is 9.97. The number of hydrogen-bond donors (Lipinski definition) is 1. The van der Waals surface area contributed by atoms with E-state index in [0.29, 0.717) is 0 Å². The molecule has 2 aliphatic heterocycles. The van der Waals surface area contributed by atoms with Gasteiger partial charge in [-0.25, -0.2) is 0 Å². The summed E-state index contributed by atoms with van der Waals surface area (Å²) in [5.41, 5.74) is 0. The van der Waals surface area contributed by atoms with E-state index in [0.717, 1.165) is 18.1 Å². The van der Waals surface area contributed by atoms with Gasteiger partial charge >= 0.3 is 0 Å². The molecule has 2 fully saturated rings. The summed E-state index contributed by atoms with van der Waals surface area (Å²) in [5.74, 6) is 0. The summed E-state index contributed by atoms with van der Waals surface area (Å²) in [5, 5.41) is 3.72. The Morgan fingerprint density at radius 3 is 2.43 bits per heavy atom. The fourth-order valence-corrected chi connectivity index (χ4v) is 3.06. The van der Waals surface area contributed by atoms with Crippen molar-refractivity contribution in [2.24, 2.45) is 0 Å². The van der Waals surface area contributed by atoms with Gasteiger partial charge in [0, 0.05) is 18.1 Å². The van der Waals surface area contributed by atoms with E-state index in [1.54, 1.807) is 0 Å². The molecule has 2 rings (SSSR count). The summed E-state index contributed by atoms with van der Waals surface area (Å²) < 4.78 is 0. The lowest BCUT2D eigenvalue weighted by Crippen LogP contribution is -2.47. The highest BCUT2D eigenvalue weighted by molar-refractivity contribution is 4.95. The van der Waals surface area contributed by atoms with Crippen molar-refractivity contribution in [1.82, 2.24) is 10.2 Å². The van der Waals surface area contributed by atoms with Gasteiger partial charge in [-0.3, -0.25) is 0 Å². The van der Waals surface area contributed by atoms with Crippen molar-refractivity contribution in [3.05, 3.63) is 0 Å². The van der Waals surface area contributed by atoms with E-state index >= 15 is 0 Å². The predicted molar refractivity (Wildman–Crippen MR) is 60.5 cm³/mol. The van der Waals surface area contributed by atoms with Gasteiger partial charge in [-0.1, -0.05) is 13.3 Å². The minimum atomic E-state index is 0.815. The van der Waals surface area contributed by atoms with Gasteiger partial charge in [0.2, 0.25) is 0 Å². The van der Waals surface area contributed by atoms with Crippen LogP contribution in [-0.4, -0.2) is 36.6 Å². The average Bonchev–Trinajstić information content (AvgIpc) is 2.41. The van der Waals surface area contributed by atoms with Crippen LogP contribution in [0.2, 0.25) is 0 Å². The molecule has 2 atom stereocenters. The molecule has 0 aromatic carbocycles. The van der Waals surface area contributed by atoms with Gasteiger partial charge in [0.1, 0.15) is 0 Å². The van der Waals surface area contributed by atoms with E-state index in [2.05, 4.69) is 24.2 Å². The molecule has 2 saturated heterocycles. The van der Waals surface area contributed by atoms with Gasteiger partial charge in [0.25, 0.3) is 0 Å². The third kappa shape index (κ3) is 2.12. The van der Waals surface area contributed by atoms with Gasteiger partial charge in [-0.15, -0.1) is 0 Å². The molecule has 2 nitrogen and oxygen atoms in total. The van der Waals surface area contributed by atoms with Crippen molar-refractivity contribution in [1.29, 1.82) is 0 Å². The molecule has 2 unspecified atom stereocenters. The average molecular weight is 196 g/mol. The van der Waals surface area contributed by atoms with E-state index in [-0.39, 0.29) is 0 Å². The lowest BCUT2D eigenvalue weighted by molar-refractivity contribution is 0.149. The molecule has 2 aliphatic rings. The number of rotatable bonds is 4. The Morgan fingerprint density at radius 1 is 1.21 bits per heavy atom. The largest absolute Gasteiger partial charge is 0.314 e. The van der Waals surface area contributed by atoms with E-state index in [9.17, 15) is 0 Å². The van der Waals surface area contributed by atoms with E-state index in [1.165, 1.54) is 45.1 Å². The Kier molecular flexibility index (Phi) is 3.45. The van der Waals surface area contributed by atoms with Crippen LogP contribution in [0.3, 0.4) is 0 Å². The van der Waals surface area contributed by atoms with Gasteiger partial charge < -0.3 is 10.2 Å². The Balaban J connectivity index is 1.76. The fraction of sp³-hybridized carbons (Fsp3) is 1.00. The lowest BCUT2D eigenvalue weighted by atomic mass is 9.98. The van der Waals surface area contributed by atoms with Gasteiger partial charge in [0.05, 0.1) is 0 Å². The first kappa shape index (κ1) is 10.4. The monoisotopic (exact) mass is 196 g/mol. The topological polar surface area (TPSA) is 15.3 Å². The maximum atomic E-state index is 3.72. The van der Waals surface area contributed by atoms with Crippen LogP contribution in [0.25, 0.3) is 0 Å². The van der Waals surface area contributed by atoms with Crippen molar-refractivity contribution >= 4 is 0 Å². The summed E-state index contributed by atoms with van der Waals surface area (Å²) in [4.78, 5) is 2.61. The minimum absolute atomic E-state index is 0.815. The summed E-state index contributed by atoms with van der Waals surface area (Å²) in [6.45, 7) is 3.49. The summed E-state index contributed by atoms with van der Waals surface area (Å²) >= 11 is 0. The zero-order valence-electron chi connectivity index (χ0n) is 9.63. The second-order valence-corrected chi connectivity index (χ2v) is 5.03. The van der Waals surface area contributed by atoms with Crippen molar-refractivity contribution in [2.75, 3.05) is 13.6 Å². The highest BCUT2D eigenvalue weighted by atomic mass is 15.2. The van der Waals surface area contributed by atoms with E-state index in [4.69, 9.17) is 0 Å². The van der Waals surface area contributed by atoms with Crippen LogP contribution in [0.4, 0.5) is 0 Å². The second-order valence-electron chi connectivity index (χ2n) is 5.03. The number of piperidine rings is 1. The van der Waals surface area contributed by atoms with E-state index in [1.807, 2.05) is 0 Å². The molecule has 82 valence electrons. The SMILES string of the molecule is CCCCNC1CC2CCC(C1)N2C. The van der Waals surface area contributed by atoms with Gasteiger partial charge in [-0.05, 0) is 45.7 Å². The number of unbranched alkanes of at least 4 members (excludes halogenated alkanes) is 1. The van der Waals surface area contributed by atoms with E-state index < -0.39 is 0 Å². The molecule has 2 heteroatoms. The third-order valence-corrected chi connectivity index (χ3v) is 4.06. The zero-order valence-corrected chi connectivity index (χ0v) is 9.63.